The Labute approximate surface area is 146 Å². The third-order valence-corrected chi connectivity index (χ3v) is 3.55. The fourth-order valence-corrected chi connectivity index (χ4v) is 2.59. The molecule has 1 aromatic carbocycles. The lowest BCUT2D eigenvalue weighted by molar-refractivity contribution is -0.222. The summed E-state index contributed by atoms with van der Waals surface area (Å²) in [7, 11) is 1.43. The first-order valence-corrected chi connectivity index (χ1v) is 7.62. The van der Waals surface area contributed by atoms with Gasteiger partial charge in [0.2, 0.25) is 0 Å². The van der Waals surface area contributed by atoms with Crippen LogP contribution in [0, 0.1) is 11.3 Å². The summed E-state index contributed by atoms with van der Waals surface area (Å²) in [5, 5.41) is 8.61. The number of carbonyl (C=O) groups excluding carboxylic acids is 2. The number of nitriles is 1. The Kier molecular flexibility index (Phi) is 5.14. The number of ether oxygens (including phenoxy) is 4. The minimum atomic E-state index is -1.29. The number of methoxy groups -OCH3 is 1. The molecule has 8 heteroatoms. The van der Waals surface area contributed by atoms with Crippen molar-refractivity contribution in [2.45, 2.75) is 19.6 Å². The highest BCUT2D eigenvalue weighted by molar-refractivity contribution is 9.10. The number of esters is 2. The third-order valence-electron chi connectivity index (χ3n) is 2.96. The maximum Gasteiger partial charge on any atom is 0.348 e. The molecule has 0 N–H and O–H groups in total. The van der Waals surface area contributed by atoms with Gasteiger partial charge in [-0.05, 0) is 39.7 Å². The Morgan fingerprint density at radius 2 is 1.92 bits per heavy atom. The molecule has 0 radical (unpaired) electrons. The highest BCUT2D eigenvalue weighted by Gasteiger charge is 2.38. The van der Waals surface area contributed by atoms with E-state index in [0.29, 0.717) is 21.5 Å². The zero-order valence-corrected chi connectivity index (χ0v) is 14.8. The molecule has 0 aliphatic carbocycles. The molecule has 7 nitrogen and oxygen atoms in total. The molecule has 0 unspecified atom stereocenters. The van der Waals surface area contributed by atoms with Crippen molar-refractivity contribution in [2.75, 3.05) is 13.7 Å². The molecule has 0 spiro atoms. The topological polar surface area (TPSA) is 94.8 Å². The van der Waals surface area contributed by atoms with E-state index in [0.717, 1.165) is 0 Å². The van der Waals surface area contributed by atoms with Crippen LogP contribution in [0.5, 0.6) is 11.5 Å². The SMILES string of the molecule is COc1cc(C=C2C(=O)OC(C)(C)OC2=O)cc(Br)c1OCC#N. The van der Waals surface area contributed by atoms with Crippen molar-refractivity contribution in [3.05, 3.63) is 27.7 Å². The van der Waals surface area contributed by atoms with Gasteiger partial charge in [-0.1, -0.05) is 0 Å². The molecule has 24 heavy (non-hydrogen) atoms. The first kappa shape index (κ1) is 17.8. The Balaban J connectivity index is 2.40. The lowest BCUT2D eigenvalue weighted by Gasteiger charge is -2.29. The molecule has 1 aromatic rings. The minimum absolute atomic E-state index is 0.150. The summed E-state index contributed by atoms with van der Waals surface area (Å²) in [6, 6.07) is 5.04. The smallest absolute Gasteiger partial charge is 0.348 e. The zero-order chi connectivity index (χ0) is 17.9. The molecule has 1 saturated heterocycles. The summed E-state index contributed by atoms with van der Waals surface area (Å²) in [6.45, 7) is 2.80. The van der Waals surface area contributed by atoms with Crippen molar-refractivity contribution in [2.24, 2.45) is 0 Å². The maximum absolute atomic E-state index is 12.0. The van der Waals surface area contributed by atoms with Crippen molar-refractivity contribution >= 4 is 33.9 Å². The highest BCUT2D eigenvalue weighted by Crippen LogP contribution is 2.37. The van der Waals surface area contributed by atoms with Crippen molar-refractivity contribution in [1.82, 2.24) is 0 Å². The van der Waals surface area contributed by atoms with Crippen LogP contribution < -0.4 is 9.47 Å². The van der Waals surface area contributed by atoms with E-state index in [1.165, 1.54) is 27.0 Å². The van der Waals surface area contributed by atoms with Crippen LogP contribution >= 0.6 is 15.9 Å². The van der Waals surface area contributed by atoms with Gasteiger partial charge in [0.25, 0.3) is 5.79 Å². The van der Waals surface area contributed by atoms with Gasteiger partial charge in [0.05, 0.1) is 11.6 Å². The van der Waals surface area contributed by atoms with E-state index in [-0.39, 0.29) is 12.2 Å². The lowest BCUT2D eigenvalue weighted by Crippen LogP contribution is -2.41. The number of hydrogen-bond donors (Lipinski definition) is 0. The van der Waals surface area contributed by atoms with Crippen LogP contribution in [0.3, 0.4) is 0 Å². The van der Waals surface area contributed by atoms with E-state index >= 15 is 0 Å². The second kappa shape index (κ2) is 6.93. The second-order valence-corrected chi connectivity index (χ2v) is 6.07. The quantitative estimate of drug-likeness (QED) is 0.439. The van der Waals surface area contributed by atoms with E-state index in [1.54, 1.807) is 12.1 Å². The summed E-state index contributed by atoms with van der Waals surface area (Å²) in [5.41, 5.74) is 0.264. The number of cyclic esters (lactones) is 2. The third kappa shape index (κ3) is 3.86. The van der Waals surface area contributed by atoms with Gasteiger partial charge in [-0.15, -0.1) is 0 Å². The average molecular weight is 396 g/mol. The minimum Gasteiger partial charge on any atom is -0.493 e. The number of nitrogens with zero attached hydrogens (tertiary/aromatic N) is 1. The predicted molar refractivity (Wildman–Crippen MR) is 86.0 cm³/mol. The number of hydrogen-bond acceptors (Lipinski definition) is 7. The van der Waals surface area contributed by atoms with Crippen molar-refractivity contribution in [1.29, 1.82) is 5.26 Å². The number of rotatable bonds is 4. The number of halogens is 1. The van der Waals surface area contributed by atoms with Crippen LogP contribution in [-0.2, 0) is 19.1 Å². The molecule has 0 bridgehead atoms. The van der Waals surface area contributed by atoms with Crippen LogP contribution in [-0.4, -0.2) is 31.4 Å². The summed E-state index contributed by atoms with van der Waals surface area (Å²) >= 11 is 3.31. The molecule has 1 aliphatic heterocycles. The molecular formula is C16H14BrNO6. The molecule has 0 aromatic heterocycles. The maximum atomic E-state index is 12.0. The van der Waals surface area contributed by atoms with E-state index in [2.05, 4.69) is 15.9 Å². The van der Waals surface area contributed by atoms with Crippen LogP contribution in [0.4, 0.5) is 0 Å². The monoisotopic (exact) mass is 395 g/mol. The molecule has 0 amide bonds. The summed E-state index contributed by atoms with van der Waals surface area (Å²) in [6.07, 6.45) is 1.33. The zero-order valence-electron chi connectivity index (χ0n) is 13.2. The standard InChI is InChI=1S/C16H14BrNO6/c1-16(2)23-14(19)10(15(20)24-16)6-9-7-11(17)13(22-5-4-18)12(8-9)21-3/h6-8H,5H2,1-3H3. The molecule has 2 rings (SSSR count). The normalized spacial score (nSPS) is 15.9. The molecule has 0 atom stereocenters. The van der Waals surface area contributed by atoms with Crippen molar-refractivity contribution in [3.63, 3.8) is 0 Å². The van der Waals surface area contributed by atoms with Gasteiger partial charge < -0.3 is 18.9 Å². The number of carbonyl (C=O) groups is 2. The van der Waals surface area contributed by atoms with Gasteiger partial charge in [0, 0.05) is 13.8 Å². The van der Waals surface area contributed by atoms with Gasteiger partial charge in [0.1, 0.15) is 11.6 Å². The fourth-order valence-electron chi connectivity index (χ4n) is 2.01. The molecule has 1 aliphatic rings. The first-order chi connectivity index (χ1) is 11.3. The largest absolute Gasteiger partial charge is 0.493 e. The van der Waals surface area contributed by atoms with Gasteiger partial charge in [-0.2, -0.15) is 5.26 Å². The fraction of sp³-hybridized carbons (Fsp3) is 0.312. The second-order valence-electron chi connectivity index (χ2n) is 5.22. The molecule has 126 valence electrons. The summed E-state index contributed by atoms with van der Waals surface area (Å²) in [4.78, 5) is 24.0. The van der Waals surface area contributed by atoms with Gasteiger partial charge in [0.15, 0.2) is 18.1 Å². The molecule has 1 fully saturated rings. The highest BCUT2D eigenvalue weighted by atomic mass is 79.9. The van der Waals surface area contributed by atoms with Crippen LogP contribution in [0.1, 0.15) is 19.4 Å². The Morgan fingerprint density at radius 1 is 1.29 bits per heavy atom. The summed E-state index contributed by atoms with van der Waals surface area (Å²) < 4.78 is 21.1. The summed E-state index contributed by atoms with van der Waals surface area (Å²) in [5.74, 6) is -2.15. The van der Waals surface area contributed by atoms with Crippen LogP contribution in [0.2, 0.25) is 0 Å². The van der Waals surface area contributed by atoms with E-state index in [4.69, 9.17) is 24.2 Å². The van der Waals surface area contributed by atoms with Crippen LogP contribution in [0.25, 0.3) is 6.08 Å². The first-order valence-electron chi connectivity index (χ1n) is 6.83. The van der Waals surface area contributed by atoms with E-state index < -0.39 is 17.7 Å². The Hall–Kier alpha value is -2.53. The van der Waals surface area contributed by atoms with Crippen LogP contribution in [0.15, 0.2) is 22.2 Å². The molecule has 1 heterocycles. The van der Waals surface area contributed by atoms with Gasteiger partial charge in [-0.3, -0.25) is 0 Å². The molecular weight excluding hydrogens is 382 g/mol. The van der Waals surface area contributed by atoms with E-state index in [9.17, 15) is 9.59 Å². The average Bonchev–Trinajstić information content (AvgIpc) is 2.48. The van der Waals surface area contributed by atoms with Gasteiger partial charge in [-0.25, -0.2) is 9.59 Å². The number of benzene rings is 1. The molecule has 0 saturated carbocycles. The Bertz CT molecular complexity index is 741. The Morgan fingerprint density at radius 3 is 2.46 bits per heavy atom. The lowest BCUT2D eigenvalue weighted by atomic mass is 10.1. The van der Waals surface area contributed by atoms with E-state index in [1.807, 2.05) is 6.07 Å². The van der Waals surface area contributed by atoms with Gasteiger partial charge >= 0.3 is 11.9 Å². The predicted octanol–water partition coefficient (Wildman–Crippen LogP) is 2.58. The van der Waals surface area contributed by atoms with Crippen molar-refractivity contribution < 1.29 is 28.5 Å². The van der Waals surface area contributed by atoms with Crippen molar-refractivity contribution in [3.8, 4) is 17.6 Å².